The second-order valence-electron chi connectivity index (χ2n) is 4.55. The van der Waals surface area contributed by atoms with E-state index in [4.69, 9.17) is 5.73 Å². The summed E-state index contributed by atoms with van der Waals surface area (Å²) in [6.07, 6.45) is 0. The number of carbonyl (C=O) groups excluding carboxylic acids is 1. The van der Waals surface area contributed by atoms with Gasteiger partial charge in [0.15, 0.2) is 0 Å². The Morgan fingerprint density at radius 3 is 2.71 bits per heavy atom. The fourth-order valence-corrected chi connectivity index (χ4v) is 2.19. The zero-order valence-electron chi connectivity index (χ0n) is 10.2. The minimum Gasteiger partial charge on any atom is -0.339 e. The molecule has 2 rings (SSSR count). The van der Waals surface area contributed by atoms with E-state index in [9.17, 15) is 4.79 Å². The maximum atomic E-state index is 11.8. The van der Waals surface area contributed by atoms with Gasteiger partial charge in [-0.05, 0) is 5.56 Å². The van der Waals surface area contributed by atoms with Crippen molar-refractivity contribution in [3.8, 4) is 0 Å². The Labute approximate surface area is 102 Å². The summed E-state index contributed by atoms with van der Waals surface area (Å²) < 4.78 is 0. The van der Waals surface area contributed by atoms with E-state index in [2.05, 4.69) is 17.0 Å². The summed E-state index contributed by atoms with van der Waals surface area (Å²) in [5.41, 5.74) is 6.93. The molecular formula is C13H19N3O. The molecule has 1 atom stereocenters. The molecule has 1 fully saturated rings. The van der Waals surface area contributed by atoms with Crippen molar-refractivity contribution in [3.63, 3.8) is 0 Å². The van der Waals surface area contributed by atoms with Crippen LogP contribution in [0.2, 0.25) is 0 Å². The van der Waals surface area contributed by atoms with Crippen molar-refractivity contribution in [3.05, 3.63) is 35.9 Å². The highest BCUT2D eigenvalue weighted by Crippen LogP contribution is 2.12. The van der Waals surface area contributed by atoms with E-state index < -0.39 is 0 Å². The third-order valence-corrected chi connectivity index (χ3v) is 3.29. The van der Waals surface area contributed by atoms with E-state index in [1.807, 2.05) is 25.2 Å². The van der Waals surface area contributed by atoms with Gasteiger partial charge in [0.1, 0.15) is 0 Å². The standard InChI is InChI=1S/C13H19N3O/c1-15-12(7-14)9-16(10-13(15)17)8-11-5-3-2-4-6-11/h2-6,12H,7-10,14H2,1H3. The average molecular weight is 233 g/mol. The zero-order chi connectivity index (χ0) is 12.3. The Kier molecular flexibility index (Phi) is 3.76. The van der Waals surface area contributed by atoms with Crippen LogP contribution in [-0.4, -0.2) is 48.4 Å². The van der Waals surface area contributed by atoms with Gasteiger partial charge in [-0.25, -0.2) is 0 Å². The predicted molar refractivity (Wildman–Crippen MR) is 67.3 cm³/mol. The Morgan fingerprint density at radius 1 is 1.35 bits per heavy atom. The van der Waals surface area contributed by atoms with Crippen LogP contribution in [0, 0.1) is 0 Å². The van der Waals surface area contributed by atoms with Crippen molar-refractivity contribution in [2.24, 2.45) is 5.73 Å². The van der Waals surface area contributed by atoms with Gasteiger partial charge in [-0.15, -0.1) is 0 Å². The van der Waals surface area contributed by atoms with Crippen molar-refractivity contribution in [2.75, 3.05) is 26.7 Å². The van der Waals surface area contributed by atoms with Crippen LogP contribution in [0.15, 0.2) is 30.3 Å². The van der Waals surface area contributed by atoms with E-state index >= 15 is 0 Å². The molecule has 0 aromatic heterocycles. The number of carbonyl (C=O) groups is 1. The summed E-state index contributed by atoms with van der Waals surface area (Å²) in [6, 6.07) is 10.4. The molecule has 0 aliphatic carbocycles. The van der Waals surface area contributed by atoms with Crippen LogP contribution in [-0.2, 0) is 11.3 Å². The number of hydrogen-bond acceptors (Lipinski definition) is 3. The molecule has 0 spiro atoms. The van der Waals surface area contributed by atoms with E-state index in [-0.39, 0.29) is 11.9 Å². The number of amides is 1. The molecule has 1 aliphatic rings. The van der Waals surface area contributed by atoms with Gasteiger partial charge in [-0.1, -0.05) is 30.3 Å². The van der Waals surface area contributed by atoms with Crippen LogP contribution in [0.25, 0.3) is 0 Å². The Morgan fingerprint density at radius 2 is 2.06 bits per heavy atom. The molecule has 1 aliphatic heterocycles. The van der Waals surface area contributed by atoms with Gasteiger partial charge >= 0.3 is 0 Å². The first-order valence-electron chi connectivity index (χ1n) is 5.92. The third kappa shape index (κ3) is 2.84. The third-order valence-electron chi connectivity index (χ3n) is 3.29. The van der Waals surface area contributed by atoms with Crippen LogP contribution in [0.3, 0.4) is 0 Å². The van der Waals surface area contributed by atoms with E-state index in [0.717, 1.165) is 13.1 Å². The zero-order valence-corrected chi connectivity index (χ0v) is 10.2. The van der Waals surface area contributed by atoms with Crippen LogP contribution in [0.1, 0.15) is 5.56 Å². The van der Waals surface area contributed by atoms with Gasteiger partial charge in [0, 0.05) is 26.7 Å². The minimum absolute atomic E-state index is 0.139. The molecule has 1 aromatic rings. The number of hydrogen-bond donors (Lipinski definition) is 1. The van der Waals surface area contributed by atoms with Crippen molar-refractivity contribution < 1.29 is 4.79 Å². The first-order valence-corrected chi connectivity index (χ1v) is 5.92. The molecule has 17 heavy (non-hydrogen) atoms. The fourth-order valence-electron chi connectivity index (χ4n) is 2.19. The lowest BCUT2D eigenvalue weighted by Crippen LogP contribution is -2.56. The topological polar surface area (TPSA) is 49.6 Å². The van der Waals surface area contributed by atoms with Gasteiger partial charge in [0.05, 0.1) is 12.6 Å². The van der Waals surface area contributed by atoms with Crippen molar-refractivity contribution in [1.29, 1.82) is 0 Å². The lowest BCUT2D eigenvalue weighted by atomic mass is 10.1. The Hall–Kier alpha value is -1.39. The van der Waals surface area contributed by atoms with E-state index in [1.165, 1.54) is 5.56 Å². The summed E-state index contributed by atoms with van der Waals surface area (Å²) in [5.74, 6) is 0.155. The second-order valence-corrected chi connectivity index (χ2v) is 4.55. The summed E-state index contributed by atoms with van der Waals surface area (Å²) in [5, 5.41) is 0. The summed E-state index contributed by atoms with van der Waals surface area (Å²) in [4.78, 5) is 15.7. The number of piperazine rings is 1. The van der Waals surface area contributed by atoms with Gasteiger partial charge < -0.3 is 10.6 Å². The molecule has 2 N–H and O–H groups in total. The van der Waals surface area contributed by atoms with Gasteiger partial charge in [-0.2, -0.15) is 0 Å². The number of nitrogens with two attached hydrogens (primary N) is 1. The van der Waals surface area contributed by atoms with Crippen molar-refractivity contribution >= 4 is 5.91 Å². The van der Waals surface area contributed by atoms with Gasteiger partial charge in [-0.3, -0.25) is 9.69 Å². The second kappa shape index (κ2) is 5.29. The van der Waals surface area contributed by atoms with E-state index in [1.54, 1.807) is 4.90 Å². The largest absolute Gasteiger partial charge is 0.339 e. The lowest BCUT2D eigenvalue weighted by Gasteiger charge is -2.38. The quantitative estimate of drug-likeness (QED) is 0.816. The number of rotatable bonds is 3. The Balaban J connectivity index is 2.01. The highest BCUT2D eigenvalue weighted by atomic mass is 16.2. The summed E-state index contributed by atoms with van der Waals surface area (Å²) in [6.45, 7) is 2.68. The van der Waals surface area contributed by atoms with Crippen molar-refractivity contribution in [2.45, 2.75) is 12.6 Å². The monoisotopic (exact) mass is 233 g/mol. The maximum Gasteiger partial charge on any atom is 0.236 e. The molecule has 0 saturated carbocycles. The van der Waals surface area contributed by atoms with Crippen LogP contribution in [0.4, 0.5) is 0 Å². The molecule has 4 nitrogen and oxygen atoms in total. The normalized spacial score (nSPS) is 21.9. The highest BCUT2D eigenvalue weighted by molar-refractivity contribution is 5.79. The molecule has 1 unspecified atom stereocenters. The summed E-state index contributed by atoms with van der Waals surface area (Å²) in [7, 11) is 1.83. The molecule has 1 aromatic carbocycles. The average Bonchev–Trinajstić information content (AvgIpc) is 2.35. The maximum absolute atomic E-state index is 11.8. The molecule has 1 saturated heterocycles. The fraction of sp³-hybridized carbons (Fsp3) is 0.462. The first kappa shape index (κ1) is 12.1. The SMILES string of the molecule is CN1C(=O)CN(Cc2ccccc2)CC1CN. The van der Waals surface area contributed by atoms with Crippen LogP contribution >= 0.6 is 0 Å². The molecular weight excluding hydrogens is 214 g/mol. The minimum atomic E-state index is 0.139. The van der Waals surface area contributed by atoms with Crippen LogP contribution in [0.5, 0.6) is 0 Å². The van der Waals surface area contributed by atoms with E-state index in [0.29, 0.717) is 13.1 Å². The predicted octanol–water partition coefficient (Wildman–Crippen LogP) is 0.288. The number of nitrogens with zero attached hydrogens (tertiary/aromatic N) is 2. The van der Waals surface area contributed by atoms with Crippen molar-refractivity contribution in [1.82, 2.24) is 9.80 Å². The van der Waals surface area contributed by atoms with Crippen LogP contribution < -0.4 is 5.73 Å². The first-order chi connectivity index (χ1) is 8.20. The smallest absolute Gasteiger partial charge is 0.236 e. The number of benzene rings is 1. The highest BCUT2D eigenvalue weighted by Gasteiger charge is 2.28. The number of likely N-dealkylation sites (N-methyl/N-ethyl adjacent to an activating group) is 1. The van der Waals surface area contributed by atoms with Gasteiger partial charge in [0.25, 0.3) is 0 Å². The molecule has 1 heterocycles. The molecule has 0 radical (unpaired) electrons. The molecule has 92 valence electrons. The molecule has 0 bridgehead atoms. The molecule has 4 heteroatoms. The Bertz CT molecular complexity index is 380. The van der Waals surface area contributed by atoms with Gasteiger partial charge in [0.2, 0.25) is 5.91 Å². The lowest BCUT2D eigenvalue weighted by molar-refractivity contribution is -0.137. The molecule has 1 amide bonds. The summed E-state index contributed by atoms with van der Waals surface area (Å²) >= 11 is 0.